The van der Waals surface area contributed by atoms with Crippen LogP contribution in [0.5, 0.6) is 0 Å². The number of amides is 6. The molecule has 210 valence electrons. The lowest BCUT2D eigenvalue weighted by atomic mass is 10.0. The summed E-state index contributed by atoms with van der Waals surface area (Å²) in [6, 6.07) is 11.3. The van der Waals surface area contributed by atoms with E-state index in [1.54, 1.807) is 50.9 Å². The van der Waals surface area contributed by atoms with Crippen LogP contribution < -0.4 is 15.5 Å². The third-order valence-corrected chi connectivity index (χ3v) is 7.26. The highest BCUT2D eigenvalue weighted by molar-refractivity contribution is 6.07. The molecule has 0 aliphatic carbocycles. The fourth-order valence-electron chi connectivity index (χ4n) is 5.45. The Bertz CT molecular complexity index is 1400. The van der Waals surface area contributed by atoms with Crippen molar-refractivity contribution < 1.29 is 28.7 Å². The molecule has 1 saturated heterocycles. The Morgan fingerprint density at radius 3 is 2.58 bits per heavy atom. The van der Waals surface area contributed by atoms with Gasteiger partial charge in [-0.15, -0.1) is 0 Å². The van der Waals surface area contributed by atoms with Gasteiger partial charge in [0.15, 0.2) is 0 Å². The molecule has 3 heterocycles. The lowest BCUT2D eigenvalue weighted by Gasteiger charge is -2.30. The predicted molar refractivity (Wildman–Crippen MR) is 147 cm³/mol. The lowest BCUT2D eigenvalue weighted by molar-refractivity contribution is -0.136. The maximum absolute atomic E-state index is 13.6. The first-order chi connectivity index (χ1) is 18.9. The predicted octanol–water partition coefficient (Wildman–Crippen LogP) is 3.28. The SMILES string of the molecule is CN(C[C@@H]1Cc2ccccc2N1C(=O)Nc1ccc2c(c1)CN(C1CCC(=O)NC1=O)C2=O)C(=O)OC(C)(C)C. The van der Waals surface area contributed by atoms with Crippen molar-refractivity contribution in [3.05, 3.63) is 59.2 Å². The first kappa shape index (κ1) is 27.2. The fourth-order valence-corrected chi connectivity index (χ4v) is 5.45. The van der Waals surface area contributed by atoms with Crippen molar-refractivity contribution in [3.8, 4) is 0 Å². The van der Waals surface area contributed by atoms with Crippen LogP contribution in [-0.4, -0.2) is 70.9 Å². The van der Waals surface area contributed by atoms with Crippen LogP contribution in [0.15, 0.2) is 42.5 Å². The smallest absolute Gasteiger partial charge is 0.410 e. The number of hydrogen-bond donors (Lipinski definition) is 2. The minimum Gasteiger partial charge on any atom is -0.444 e. The summed E-state index contributed by atoms with van der Waals surface area (Å²) in [5.41, 5.74) is 2.79. The molecule has 6 amide bonds. The Morgan fingerprint density at radius 2 is 1.85 bits per heavy atom. The Labute approximate surface area is 232 Å². The van der Waals surface area contributed by atoms with Gasteiger partial charge in [-0.1, -0.05) is 18.2 Å². The molecule has 0 saturated carbocycles. The van der Waals surface area contributed by atoms with Crippen LogP contribution in [0.25, 0.3) is 0 Å². The third-order valence-electron chi connectivity index (χ3n) is 7.26. The van der Waals surface area contributed by atoms with Gasteiger partial charge in [-0.25, -0.2) is 9.59 Å². The van der Waals surface area contributed by atoms with Crippen LogP contribution in [-0.2, 0) is 27.3 Å². The molecule has 1 unspecified atom stereocenters. The molecule has 3 aliphatic rings. The minimum atomic E-state index is -0.709. The molecular weight excluding hydrogens is 514 g/mol. The number of urea groups is 1. The topological polar surface area (TPSA) is 128 Å². The highest BCUT2D eigenvalue weighted by Gasteiger charge is 2.40. The molecule has 2 N–H and O–H groups in total. The first-order valence-corrected chi connectivity index (χ1v) is 13.3. The van der Waals surface area contributed by atoms with Crippen LogP contribution in [0, 0.1) is 0 Å². The zero-order valence-electron chi connectivity index (χ0n) is 23.0. The number of nitrogens with zero attached hydrogens (tertiary/aromatic N) is 3. The summed E-state index contributed by atoms with van der Waals surface area (Å²) < 4.78 is 5.49. The van der Waals surface area contributed by atoms with Gasteiger partial charge in [-0.2, -0.15) is 0 Å². The molecule has 0 bridgehead atoms. The summed E-state index contributed by atoms with van der Waals surface area (Å²) in [5.74, 6) is -1.09. The van der Waals surface area contributed by atoms with Crippen LogP contribution in [0.2, 0.25) is 0 Å². The number of para-hydroxylation sites is 1. The Kier molecular flexibility index (Phi) is 6.99. The van der Waals surface area contributed by atoms with E-state index in [1.165, 1.54) is 9.80 Å². The molecular formula is C29H33N5O6. The van der Waals surface area contributed by atoms with Gasteiger partial charge in [0, 0.05) is 43.5 Å². The highest BCUT2D eigenvalue weighted by atomic mass is 16.6. The van der Waals surface area contributed by atoms with E-state index in [-0.39, 0.29) is 49.8 Å². The van der Waals surface area contributed by atoms with Crippen molar-refractivity contribution in [1.82, 2.24) is 15.1 Å². The van der Waals surface area contributed by atoms with Gasteiger partial charge in [0.05, 0.1) is 6.04 Å². The maximum atomic E-state index is 13.6. The molecule has 40 heavy (non-hydrogen) atoms. The molecule has 0 radical (unpaired) electrons. The van der Waals surface area contributed by atoms with Crippen molar-refractivity contribution in [3.63, 3.8) is 0 Å². The summed E-state index contributed by atoms with van der Waals surface area (Å²) in [7, 11) is 1.65. The molecule has 5 rings (SSSR count). The van der Waals surface area contributed by atoms with Crippen molar-refractivity contribution in [1.29, 1.82) is 0 Å². The zero-order valence-corrected chi connectivity index (χ0v) is 23.0. The monoisotopic (exact) mass is 547 g/mol. The van der Waals surface area contributed by atoms with E-state index < -0.39 is 23.6 Å². The number of hydrogen-bond acceptors (Lipinski definition) is 6. The van der Waals surface area contributed by atoms with E-state index in [2.05, 4.69) is 10.6 Å². The van der Waals surface area contributed by atoms with Crippen LogP contribution in [0.1, 0.15) is 55.1 Å². The number of imide groups is 1. The number of carbonyl (C=O) groups is 5. The summed E-state index contributed by atoms with van der Waals surface area (Å²) in [5, 5.41) is 5.25. The molecule has 0 spiro atoms. The number of likely N-dealkylation sites (N-methyl/N-ethyl adjacent to an activating group) is 1. The van der Waals surface area contributed by atoms with Gasteiger partial charge >= 0.3 is 12.1 Å². The molecule has 11 heteroatoms. The number of rotatable bonds is 4. The van der Waals surface area contributed by atoms with Gasteiger partial charge in [0.2, 0.25) is 11.8 Å². The second kappa shape index (κ2) is 10.3. The van der Waals surface area contributed by atoms with Crippen molar-refractivity contribution in [2.24, 2.45) is 0 Å². The maximum Gasteiger partial charge on any atom is 0.410 e. The second-order valence-corrected chi connectivity index (χ2v) is 11.4. The summed E-state index contributed by atoms with van der Waals surface area (Å²) in [6.07, 6.45) is 0.574. The highest BCUT2D eigenvalue weighted by Crippen LogP contribution is 2.34. The van der Waals surface area contributed by atoms with E-state index in [0.717, 1.165) is 11.3 Å². The van der Waals surface area contributed by atoms with Gasteiger partial charge in [0.1, 0.15) is 11.6 Å². The molecule has 2 aromatic rings. The molecule has 11 nitrogen and oxygen atoms in total. The van der Waals surface area contributed by atoms with Crippen molar-refractivity contribution in [2.75, 3.05) is 23.8 Å². The van der Waals surface area contributed by atoms with Gasteiger partial charge in [-0.3, -0.25) is 24.6 Å². The quantitative estimate of drug-likeness (QED) is 0.566. The summed E-state index contributed by atoms with van der Waals surface area (Å²) in [6.45, 7) is 5.89. The lowest BCUT2D eigenvalue weighted by Crippen LogP contribution is -2.52. The van der Waals surface area contributed by atoms with Gasteiger partial charge in [-0.05, 0) is 69.0 Å². The molecule has 2 aromatic carbocycles. The largest absolute Gasteiger partial charge is 0.444 e. The number of carbonyl (C=O) groups excluding carboxylic acids is 5. The number of benzene rings is 2. The summed E-state index contributed by atoms with van der Waals surface area (Å²) in [4.78, 5) is 67.7. The van der Waals surface area contributed by atoms with E-state index in [0.29, 0.717) is 23.2 Å². The Morgan fingerprint density at radius 1 is 1.10 bits per heavy atom. The van der Waals surface area contributed by atoms with Crippen LogP contribution in [0.3, 0.4) is 0 Å². The van der Waals surface area contributed by atoms with Crippen LogP contribution >= 0.6 is 0 Å². The van der Waals surface area contributed by atoms with Crippen LogP contribution in [0.4, 0.5) is 21.0 Å². The van der Waals surface area contributed by atoms with E-state index >= 15 is 0 Å². The number of fused-ring (bicyclic) bond motifs is 2. The van der Waals surface area contributed by atoms with Gasteiger partial charge < -0.3 is 19.9 Å². The first-order valence-electron chi connectivity index (χ1n) is 13.3. The second-order valence-electron chi connectivity index (χ2n) is 11.4. The van der Waals surface area contributed by atoms with Gasteiger partial charge in [0.25, 0.3) is 5.91 Å². The molecule has 0 aromatic heterocycles. The van der Waals surface area contributed by atoms with E-state index in [9.17, 15) is 24.0 Å². The number of ether oxygens (including phenoxy) is 1. The number of piperidine rings is 1. The molecule has 2 atom stereocenters. The van der Waals surface area contributed by atoms with E-state index in [1.807, 2.05) is 24.3 Å². The Hall–Kier alpha value is -4.41. The molecule has 3 aliphatic heterocycles. The van der Waals surface area contributed by atoms with E-state index in [4.69, 9.17) is 4.74 Å². The Balaban J connectivity index is 1.32. The average Bonchev–Trinajstić information content (AvgIpc) is 3.39. The zero-order chi connectivity index (χ0) is 28.8. The minimum absolute atomic E-state index is 0.180. The number of nitrogens with one attached hydrogen (secondary N) is 2. The third kappa shape index (κ3) is 5.36. The molecule has 1 fully saturated rings. The average molecular weight is 548 g/mol. The fraction of sp³-hybridized carbons (Fsp3) is 0.414. The summed E-state index contributed by atoms with van der Waals surface area (Å²) >= 11 is 0. The standard InChI is InChI=1S/C29H33N5O6/c1-29(2,3)40-28(39)32(4)16-20-14-17-7-5-6-8-22(17)34(20)27(38)30-19-9-10-21-18(13-19)15-33(26(21)37)23-11-12-24(35)31-25(23)36/h5-10,13,20,23H,11-12,14-16H2,1-4H3,(H,30,38)(H,31,35,36)/t20-,23?/m0/s1. The normalized spacial score (nSPS) is 20.1. The van der Waals surface area contributed by atoms with Crippen molar-refractivity contribution in [2.45, 2.75) is 64.3 Å². The number of anilines is 2. The van der Waals surface area contributed by atoms with Crippen molar-refractivity contribution >= 4 is 41.2 Å².